The Morgan fingerprint density at radius 1 is 0.952 bits per heavy atom. The second kappa shape index (κ2) is 5.88. The minimum absolute atomic E-state index is 0.137. The second-order valence-corrected chi connectivity index (χ2v) is 5.68. The highest BCUT2D eigenvalue weighted by molar-refractivity contribution is 6.07. The minimum Gasteiger partial charge on any atom is -0.389 e. The summed E-state index contributed by atoms with van der Waals surface area (Å²) in [5.74, 6) is 0. The van der Waals surface area contributed by atoms with Crippen molar-refractivity contribution in [1.29, 1.82) is 0 Å². The van der Waals surface area contributed by atoms with Crippen LogP contribution in [0, 0.1) is 0 Å². The number of benzene rings is 2. The van der Waals surface area contributed by atoms with Gasteiger partial charge in [-0.2, -0.15) is 0 Å². The van der Waals surface area contributed by atoms with E-state index in [0.717, 1.165) is 11.0 Å². The van der Waals surface area contributed by atoms with Crippen LogP contribution in [-0.2, 0) is 11.3 Å². The number of hydrogen-bond acceptors (Lipinski definition) is 2. The maximum absolute atomic E-state index is 10.2. The Morgan fingerprint density at radius 3 is 2.00 bits per heavy atom. The van der Waals surface area contributed by atoms with Crippen molar-refractivity contribution in [3.8, 4) is 0 Å². The van der Waals surface area contributed by atoms with Crippen molar-refractivity contribution in [1.82, 2.24) is 4.57 Å². The topological polar surface area (TPSA) is 34.4 Å². The van der Waals surface area contributed by atoms with Crippen molar-refractivity contribution < 1.29 is 9.84 Å². The molecule has 0 aliphatic carbocycles. The van der Waals surface area contributed by atoms with Crippen LogP contribution in [0.3, 0.4) is 0 Å². The fraction of sp³-hybridized carbons (Fsp3) is 0.333. The van der Waals surface area contributed by atoms with Crippen molar-refractivity contribution in [2.75, 3.05) is 6.61 Å². The highest BCUT2D eigenvalue weighted by Crippen LogP contribution is 2.28. The predicted molar refractivity (Wildman–Crippen MR) is 86.5 cm³/mol. The predicted octanol–water partition coefficient (Wildman–Crippen LogP) is 3.58. The molecule has 0 saturated carbocycles. The van der Waals surface area contributed by atoms with Gasteiger partial charge in [0.25, 0.3) is 0 Å². The molecule has 0 fully saturated rings. The largest absolute Gasteiger partial charge is 0.389 e. The Bertz CT molecular complexity index is 692. The lowest BCUT2D eigenvalue weighted by Crippen LogP contribution is -2.23. The number of ether oxygens (including phenoxy) is 1. The van der Waals surface area contributed by atoms with Gasteiger partial charge in [-0.1, -0.05) is 36.4 Å². The molecule has 3 aromatic rings. The lowest BCUT2D eigenvalue weighted by Gasteiger charge is -2.15. The van der Waals surface area contributed by atoms with E-state index in [2.05, 4.69) is 41.0 Å². The standard InChI is InChI=1S/C18H21NO2/c1-13(2)21-12-14(20)11-19-17-9-5-3-7-15(17)16-8-4-6-10-18(16)19/h3-10,13-14,20H,11-12H2,1-2H3. The number of rotatable bonds is 5. The van der Waals surface area contributed by atoms with Crippen LogP contribution in [0.1, 0.15) is 13.8 Å². The van der Waals surface area contributed by atoms with Gasteiger partial charge in [-0.15, -0.1) is 0 Å². The molecule has 21 heavy (non-hydrogen) atoms. The molecule has 2 aromatic carbocycles. The summed E-state index contributed by atoms with van der Waals surface area (Å²) < 4.78 is 7.69. The molecule has 110 valence electrons. The molecule has 0 spiro atoms. The zero-order valence-corrected chi connectivity index (χ0v) is 12.5. The lowest BCUT2D eigenvalue weighted by molar-refractivity contribution is 0.000172. The van der Waals surface area contributed by atoms with Crippen LogP contribution in [0.25, 0.3) is 21.8 Å². The van der Waals surface area contributed by atoms with Crippen LogP contribution in [0.4, 0.5) is 0 Å². The van der Waals surface area contributed by atoms with Crippen molar-refractivity contribution in [2.45, 2.75) is 32.6 Å². The van der Waals surface area contributed by atoms with Gasteiger partial charge in [0.1, 0.15) is 0 Å². The van der Waals surface area contributed by atoms with Crippen LogP contribution in [0.2, 0.25) is 0 Å². The quantitative estimate of drug-likeness (QED) is 0.776. The maximum Gasteiger partial charge on any atom is 0.0952 e. The molecular weight excluding hydrogens is 262 g/mol. The molecule has 0 radical (unpaired) electrons. The second-order valence-electron chi connectivity index (χ2n) is 5.68. The van der Waals surface area contributed by atoms with E-state index in [1.165, 1.54) is 10.8 Å². The molecule has 0 amide bonds. The fourth-order valence-electron chi connectivity index (χ4n) is 2.77. The first-order chi connectivity index (χ1) is 10.2. The van der Waals surface area contributed by atoms with Crippen LogP contribution >= 0.6 is 0 Å². The summed E-state index contributed by atoms with van der Waals surface area (Å²) >= 11 is 0. The molecule has 1 unspecified atom stereocenters. The van der Waals surface area contributed by atoms with Gasteiger partial charge in [0.05, 0.1) is 25.4 Å². The van der Waals surface area contributed by atoms with Crippen molar-refractivity contribution in [2.24, 2.45) is 0 Å². The fourth-order valence-corrected chi connectivity index (χ4v) is 2.77. The third kappa shape index (κ3) is 2.80. The van der Waals surface area contributed by atoms with Gasteiger partial charge in [0.15, 0.2) is 0 Å². The zero-order valence-electron chi connectivity index (χ0n) is 12.5. The van der Waals surface area contributed by atoms with Gasteiger partial charge in [-0.3, -0.25) is 0 Å². The molecule has 0 bridgehead atoms. The van der Waals surface area contributed by atoms with Gasteiger partial charge in [-0.05, 0) is 26.0 Å². The molecule has 1 atom stereocenters. The van der Waals surface area contributed by atoms with Gasteiger partial charge in [-0.25, -0.2) is 0 Å². The Labute approximate surface area is 124 Å². The van der Waals surface area contributed by atoms with E-state index in [1.54, 1.807) is 0 Å². The Kier molecular flexibility index (Phi) is 3.95. The molecule has 1 N–H and O–H groups in total. The van der Waals surface area contributed by atoms with E-state index < -0.39 is 6.10 Å². The molecule has 0 saturated heterocycles. The Hall–Kier alpha value is -1.84. The Morgan fingerprint density at radius 2 is 1.48 bits per heavy atom. The minimum atomic E-state index is -0.508. The van der Waals surface area contributed by atoms with Crippen molar-refractivity contribution in [3.63, 3.8) is 0 Å². The van der Waals surface area contributed by atoms with Crippen LogP contribution in [0.5, 0.6) is 0 Å². The third-order valence-corrected chi connectivity index (χ3v) is 3.70. The SMILES string of the molecule is CC(C)OCC(O)Cn1c2ccccc2c2ccccc21. The lowest BCUT2D eigenvalue weighted by atomic mass is 10.2. The first-order valence-corrected chi connectivity index (χ1v) is 7.42. The highest BCUT2D eigenvalue weighted by atomic mass is 16.5. The van der Waals surface area contributed by atoms with Crippen LogP contribution in [0.15, 0.2) is 48.5 Å². The number of aliphatic hydroxyl groups is 1. The van der Waals surface area contributed by atoms with Crippen molar-refractivity contribution in [3.05, 3.63) is 48.5 Å². The van der Waals surface area contributed by atoms with E-state index in [-0.39, 0.29) is 6.10 Å². The summed E-state index contributed by atoms with van der Waals surface area (Å²) in [7, 11) is 0. The number of aromatic nitrogens is 1. The monoisotopic (exact) mass is 283 g/mol. The van der Waals surface area contributed by atoms with Crippen molar-refractivity contribution >= 4 is 21.8 Å². The molecular formula is C18H21NO2. The van der Waals surface area contributed by atoms with E-state index in [4.69, 9.17) is 4.74 Å². The number of aliphatic hydroxyl groups excluding tert-OH is 1. The summed E-state index contributed by atoms with van der Waals surface area (Å²) in [6, 6.07) is 16.6. The van der Waals surface area contributed by atoms with E-state index in [0.29, 0.717) is 13.2 Å². The number of hydrogen-bond donors (Lipinski definition) is 1. The summed E-state index contributed by atoms with van der Waals surface area (Å²) in [4.78, 5) is 0. The number of para-hydroxylation sites is 2. The third-order valence-electron chi connectivity index (χ3n) is 3.70. The van der Waals surface area contributed by atoms with Crippen LogP contribution in [-0.4, -0.2) is 28.5 Å². The highest BCUT2D eigenvalue weighted by Gasteiger charge is 2.13. The van der Waals surface area contributed by atoms with E-state index in [1.807, 2.05) is 26.0 Å². The summed E-state index contributed by atoms with van der Waals surface area (Å²) in [5, 5.41) is 12.7. The van der Waals surface area contributed by atoms with Gasteiger partial charge >= 0.3 is 0 Å². The van der Waals surface area contributed by atoms with Crippen LogP contribution < -0.4 is 0 Å². The molecule has 0 aliphatic rings. The average molecular weight is 283 g/mol. The van der Waals surface area contributed by atoms with E-state index >= 15 is 0 Å². The first kappa shape index (κ1) is 14.1. The molecule has 3 nitrogen and oxygen atoms in total. The van der Waals surface area contributed by atoms with E-state index in [9.17, 15) is 5.11 Å². The zero-order chi connectivity index (χ0) is 14.8. The summed E-state index contributed by atoms with van der Waals surface area (Å²) in [5.41, 5.74) is 2.31. The molecule has 3 heteroatoms. The first-order valence-electron chi connectivity index (χ1n) is 7.42. The number of nitrogens with zero attached hydrogens (tertiary/aromatic N) is 1. The van der Waals surface area contributed by atoms with Gasteiger partial charge in [0, 0.05) is 21.8 Å². The summed E-state index contributed by atoms with van der Waals surface area (Å²) in [6.45, 7) is 4.86. The molecule has 1 aromatic heterocycles. The normalized spacial score (nSPS) is 13.3. The number of fused-ring (bicyclic) bond motifs is 3. The summed E-state index contributed by atoms with van der Waals surface area (Å²) in [6.07, 6.45) is -0.371. The maximum atomic E-state index is 10.2. The molecule has 1 heterocycles. The Balaban J connectivity index is 1.99. The smallest absolute Gasteiger partial charge is 0.0952 e. The molecule has 3 rings (SSSR count). The van der Waals surface area contributed by atoms with Gasteiger partial charge in [0.2, 0.25) is 0 Å². The molecule has 0 aliphatic heterocycles. The average Bonchev–Trinajstić information content (AvgIpc) is 2.80. The van der Waals surface area contributed by atoms with Gasteiger partial charge < -0.3 is 14.4 Å².